The minimum atomic E-state index is -0.874. The molecule has 0 radical (unpaired) electrons. The maximum atomic E-state index is 14.2. The minimum Gasteiger partial charge on any atom is -0.492 e. The van der Waals surface area contributed by atoms with Crippen molar-refractivity contribution in [2.24, 2.45) is 11.8 Å². The van der Waals surface area contributed by atoms with Crippen molar-refractivity contribution >= 4 is 22.6 Å². The Morgan fingerprint density at radius 3 is 2.27 bits per heavy atom. The molecule has 0 saturated heterocycles. The monoisotopic (exact) mass is 472 g/mol. The van der Waals surface area contributed by atoms with Crippen LogP contribution in [0.4, 0.5) is 8.78 Å². The lowest BCUT2D eigenvalue weighted by molar-refractivity contribution is 0.209. The zero-order valence-corrected chi connectivity index (χ0v) is 19.7. The molecule has 1 heterocycles. The number of aromatic nitrogens is 2. The predicted octanol–water partition coefficient (Wildman–Crippen LogP) is 8.17. The highest BCUT2D eigenvalue weighted by atomic mass is 35.5. The van der Waals surface area contributed by atoms with E-state index in [1.165, 1.54) is 63.5 Å². The van der Waals surface area contributed by atoms with E-state index in [1.807, 2.05) is 18.2 Å². The summed E-state index contributed by atoms with van der Waals surface area (Å²) >= 11 is 6.34. The Morgan fingerprint density at radius 2 is 1.55 bits per heavy atom. The van der Waals surface area contributed by atoms with Gasteiger partial charge < -0.3 is 9.30 Å². The summed E-state index contributed by atoms with van der Waals surface area (Å²) in [7, 11) is 0. The van der Waals surface area contributed by atoms with E-state index in [-0.39, 0.29) is 0 Å². The maximum absolute atomic E-state index is 14.2. The third-order valence-electron chi connectivity index (χ3n) is 7.34. The maximum Gasteiger partial charge on any atom is 0.161 e. The molecule has 6 heteroatoms. The topological polar surface area (TPSA) is 27.1 Å². The van der Waals surface area contributed by atoms with Gasteiger partial charge in [-0.15, -0.1) is 0 Å². The van der Waals surface area contributed by atoms with Crippen molar-refractivity contribution in [3.05, 3.63) is 47.0 Å². The molecule has 33 heavy (non-hydrogen) atoms. The number of benzene rings is 2. The van der Waals surface area contributed by atoms with Gasteiger partial charge in [0.1, 0.15) is 11.6 Å². The summed E-state index contributed by atoms with van der Waals surface area (Å²) in [5, 5.41) is 0.601. The van der Waals surface area contributed by atoms with Crippen LogP contribution in [-0.4, -0.2) is 16.2 Å². The fraction of sp³-hybridized carbons (Fsp3) is 0.519. The lowest BCUT2D eigenvalue weighted by atomic mass is 9.89. The molecule has 0 spiro atoms. The third kappa shape index (κ3) is 5.03. The van der Waals surface area contributed by atoms with Crippen LogP contribution in [0.25, 0.3) is 22.4 Å². The first-order valence-corrected chi connectivity index (χ1v) is 12.7. The summed E-state index contributed by atoms with van der Waals surface area (Å²) in [6, 6.07) is 8.07. The van der Waals surface area contributed by atoms with Crippen molar-refractivity contribution in [1.29, 1.82) is 0 Å². The Labute approximate surface area is 199 Å². The van der Waals surface area contributed by atoms with Gasteiger partial charge in [0.2, 0.25) is 0 Å². The van der Waals surface area contributed by atoms with Crippen LogP contribution in [0.2, 0.25) is 5.02 Å². The first kappa shape index (κ1) is 22.6. The number of nitrogens with zero attached hydrogens (tertiary/aromatic N) is 2. The number of hydrogen-bond donors (Lipinski definition) is 0. The molecule has 3 aromatic rings. The fourth-order valence-corrected chi connectivity index (χ4v) is 5.66. The van der Waals surface area contributed by atoms with Gasteiger partial charge in [0.25, 0.3) is 0 Å². The van der Waals surface area contributed by atoms with Crippen molar-refractivity contribution in [2.75, 3.05) is 6.61 Å². The third-order valence-corrected chi connectivity index (χ3v) is 7.57. The number of fused-ring (bicyclic) bond motifs is 1. The molecule has 2 fully saturated rings. The van der Waals surface area contributed by atoms with Crippen molar-refractivity contribution in [3.8, 4) is 17.1 Å². The molecule has 5 rings (SSSR count). The van der Waals surface area contributed by atoms with Crippen LogP contribution < -0.4 is 4.74 Å². The first-order chi connectivity index (χ1) is 16.1. The molecule has 2 saturated carbocycles. The number of hydrogen-bond acceptors (Lipinski definition) is 2. The van der Waals surface area contributed by atoms with Gasteiger partial charge in [0.15, 0.2) is 11.6 Å². The van der Waals surface area contributed by atoms with Crippen LogP contribution in [0.3, 0.4) is 0 Å². The van der Waals surface area contributed by atoms with E-state index >= 15 is 0 Å². The Balaban J connectivity index is 1.54. The quantitative estimate of drug-likeness (QED) is 0.361. The van der Waals surface area contributed by atoms with Crippen LogP contribution in [-0.2, 0) is 6.54 Å². The number of imidazole rings is 1. The molecular weight excluding hydrogens is 442 g/mol. The minimum absolute atomic E-state index is 0.466. The van der Waals surface area contributed by atoms with E-state index in [1.54, 1.807) is 0 Å². The van der Waals surface area contributed by atoms with Gasteiger partial charge in [-0.2, -0.15) is 0 Å². The zero-order chi connectivity index (χ0) is 22.8. The van der Waals surface area contributed by atoms with Gasteiger partial charge in [-0.1, -0.05) is 50.1 Å². The van der Waals surface area contributed by atoms with Crippen LogP contribution in [0.5, 0.6) is 5.75 Å². The normalized spacial score (nSPS) is 18.2. The average Bonchev–Trinajstić information content (AvgIpc) is 3.16. The van der Waals surface area contributed by atoms with Crippen LogP contribution in [0.1, 0.15) is 64.2 Å². The first-order valence-electron chi connectivity index (χ1n) is 12.4. The molecule has 0 bridgehead atoms. The molecule has 2 aliphatic rings. The predicted molar refractivity (Wildman–Crippen MR) is 129 cm³/mol. The number of halogens is 3. The van der Waals surface area contributed by atoms with Crippen molar-refractivity contribution in [2.45, 2.75) is 70.8 Å². The summed E-state index contributed by atoms with van der Waals surface area (Å²) in [5.41, 5.74) is 1.92. The van der Waals surface area contributed by atoms with Crippen LogP contribution in [0, 0.1) is 23.5 Å². The summed E-state index contributed by atoms with van der Waals surface area (Å²) < 4.78 is 36.6. The molecule has 0 unspecified atom stereocenters. The highest BCUT2D eigenvalue weighted by molar-refractivity contribution is 6.30. The number of rotatable bonds is 6. The Bertz CT molecular complexity index is 1120. The lowest BCUT2D eigenvalue weighted by Crippen LogP contribution is -2.16. The second-order valence-corrected chi connectivity index (χ2v) is 10.2. The lowest BCUT2D eigenvalue weighted by Gasteiger charge is -2.24. The average molecular weight is 473 g/mol. The molecule has 0 aliphatic heterocycles. The van der Waals surface area contributed by atoms with Gasteiger partial charge in [-0.3, -0.25) is 0 Å². The van der Waals surface area contributed by atoms with Crippen molar-refractivity contribution < 1.29 is 13.5 Å². The van der Waals surface area contributed by atoms with Crippen molar-refractivity contribution in [3.63, 3.8) is 0 Å². The van der Waals surface area contributed by atoms with E-state index in [0.717, 1.165) is 24.9 Å². The molecule has 0 N–H and O–H groups in total. The Kier molecular flexibility index (Phi) is 6.86. The van der Waals surface area contributed by atoms with Gasteiger partial charge in [-0.05, 0) is 55.7 Å². The Morgan fingerprint density at radius 1 is 0.879 bits per heavy atom. The summed E-state index contributed by atoms with van der Waals surface area (Å²) in [4.78, 5) is 4.77. The second kappa shape index (κ2) is 10.0. The van der Waals surface area contributed by atoms with Crippen molar-refractivity contribution in [1.82, 2.24) is 9.55 Å². The SMILES string of the molecule is Fc1cc2nc(-c3ccc(Cl)cc3OCC3CCCCC3)n(CC3CCCCC3)c2cc1F. The summed E-state index contributed by atoms with van der Waals surface area (Å²) in [5.74, 6) is 0.715. The van der Waals surface area contributed by atoms with E-state index < -0.39 is 11.6 Å². The second-order valence-electron chi connectivity index (χ2n) is 9.76. The molecule has 176 valence electrons. The van der Waals surface area contributed by atoms with E-state index in [4.69, 9.17) is 21.3 Å². The highest BCUT2D eigenvalue weighted by Crippen LogP contribution is 2.37. The standard InChI is InChI=1S/C27H31ClF2N2O/c28-20-11-12-21(26(13-20)33-17-19-9-5-2-6-10-19)27-31-24-14-22(29)23(30)15-25(24)32(27)16-18-7-3-1-4-8-18/h11-15,18-19H,1-10,16-17H2. The molecule has 3 nitrogen and oxygen atoms in total. The molecule has 2 aliphatic carbocycles. The summed E-state index contributed by atoms with van der Waals surface area (Å²) in [6.45, 7) is 1.39. The molecular formula is C27H31ClF2N2O. The Hall–Kier alpha value is -2.14. The van der Waals surface area contributed by atoms with E-state index in [2.05, 4.69) is 4.57 Å². The number of ether oxygens (including phenoxy) is 1. The smallest absolute Gasteiger partial charge is 0.161 e. The molecule has 2 aromatic carbocycles. The van der Waals surface area contributed by atoms with Crippen LogP contribution >= 0.6 is 11.6 Å². The zero-order valence-electron chi connectivity index (χ0n) is 19.0. The fourth-order valence-electron chi connectivity index (χ4n) is 5.50. The largest absolute Gasteiger partial charge is 0.492 e. The molecule has 0 atom stereocenters. The molecule has 0 amide bonds. The summed E-state index contributed by atoms with van der Waals surface area (Å²) in [6.07, 6.45) is 12.2. The molecule has 1 aromatic heterocycles. The van der Waals surface area contributed by atoms with E-state index in [0.29, 0.717) is 46.1 Å². The van der Waals surface area contributed by atoms with Gasteiger partial charge >= 0.3 is 0 Å². The van der Waals surface area contributed by atoms with Crippen LogP contribution in [0.15, 0.2) is 30.3 Å². The van der Waals surface area contributed by atoms with Gasteiger partial charge in [0.05, 0.1) is 23.2 Å². The van der Waals surface area contributed by atoms with E-state index in [9.17, 15) is 8.78 Å². The highest BCUT2D eigenvalue weighted by Gasteiger charge is 2.23. The van der Waals surface area contributed by atoms with Gasteiger partial charge in [-0.25, -0.2) is 13.8 Å². The van der Waals surface area contributed by atoms with Gasteiger partial charge in [0, 0.05) is 23.7 Å².